The van der Waals surface area contributed by atoms with Crippen molar-refractivity contribution in [3.8, 4) is 11.5 Å². The van der Waals surface area contributed by atoms with Gasteiger partial charge in [0, 0.05) is 22.6 Å². The van der Waals surface area contributed by atoms with Crippen molar-refractivity contribution < 1.29 is 14.3 Å². The van der Waals surface area contributed by atoms with Gasteiger partial charge in [-0.25, -0.2) is 0 Å². The molecule has 2 rings (SSSR count). The van der Waals surface area contributed by atoms with Crippen LogP contribution < -0.4 is 14.8 Å². The van der Waals surface area contributed by atoms with Crippen LogP contribution in [-0.4, -0.2) is 20.1 Å². The number of rotatable bonds is 5. The third kappa shape index (κ3) is 3.98. The molecule has 1 N–H and O–H groups in total. The maximum Gasteiger partial charge on any atom is 0.255 e. The van der Waals surface area contributed by atoms with Crippen molar-refractivity contribution in [1.82, 2.24) is 0 Å². The van der Waals surface area contributed by atoms with Gasteiger partial charge in [-0.3, -0.25) is 4.79 Å². The van der Waals surface area contributed by atoms with Gasteiger partial charge in [-0.15, -0.1) is 0 Å². The summed E-state index contributed by atoms with van der Waals surface area (Å²) in [6.45, 7) is 0. The van der Waals surface area contributed by atoms with Crippen LogP contribution in [0.3, 0.4) is 0 Å². The molecule has 0 radical (unpaired) electrons. The van der Waals surface area contributed by atoms with E-state index >= 15 is 0 Å². The molecule has 0 spiro atoms. The SMILES string of the molecule is COc1cc(OC)cc(C(=O)Nc2ccc(CBr)cc2)c1. The highest BCUT2D eigenvalue weighted by Crippen LogP contribution is 2.23. The number of hydrogen-bond acceptors (Lipinski definition) is 3. The predicted molar refractivity (Wildman–Crippen MR) is 86.6 cm³/mol. The molecule has 110 valence electrons. The highest BCUT2D eigenvalue weighted by molar-refractivity contribution is 9.08. The Kier molecular flexibility index (Phi) is 5.22. The zero-order valence-electron chi connectivity index (χ0n) is 11.9. The van der Waals surface area contributed by atoms with Crippen LogP contribution in [0.4, 0.5) is 5.69 Å². The Bertz CT molecular complexity index is 604. The molecule has 2 aromatic rings. The molecule has 0 unspecified atom stereocenters. The molecular formula is C16H16BrNO3. The maximum atomic E-state index is 12.3. The van der Waals surface area contributed by atoms with Crippen LogP contribution in [-0.2, 0) is 5.33 Å². The Labute approximate surface area is 132 Å². The molecule has 0 aliphatic heterocycles. The number of anilines is 1. The van der Waals surface area contributed by atoms with Crippen molar-refractivity contribution in [2.75, 3.05) is 19.5 Å². The molecule has 1 amide bonds. The topological polar surface area (TPSA) is 47.6 Å². The van der Waals surface area contributed by atoms with Crippen LogP contribution in [0.2, 0.25) is 0 Å². The molecule has 0 aliphatic rings. The van der Waals surface area contributed by atoms with Gasteiger partial charge in [0.25, 0.3) is 5.91 Å². The van der Waals surface area contributed by atoms with E-state index in [1.165, 1.54) is 0 Å². The highest BCUT2D eigenvalue weighted by Gasteiger charge is 2.10. The smallest absolute Gasteiger partial charge is 0.255 e. The third-order valence-corrected chi connectivity index (χ3v) is 3.63. The van der Waals surface area contributed by atoms with Crippen LogP contribution in [0, 0.1) is 0 Å². The second-order valence-electron chi connectivity index (χ2n) is 4.39. The number of carbonyl (C=O) groups is 1. The lowest BCUT2D eigenvalue weighted by atomic mass is 10.1. The number of amides is 1. The number of alkyl halides is 1. The minimum atomic E-state index is -0.209. The van der Waals surface area contributed by atoms with Gasteiger partial charge in [0.2, 0.25) is 0 Å². The van der Waals surface area contributed by atoms with Crippen molar-refractivity contribution in [2.45, 2.75) is 5.33 Å². The average molecular weight is 350 g/mol. The standard InChI is InChI=1S/C16H16BrNO3/c1-20-14-7-12(8-15(9-14)21-2)16(19)18-13-5-3-11(10-17)4-6-13/h3-9H,10H2,1-2H3,(H,18,19). The summed E-state index contributed by atoms with van der Waals surface area (Å²) in [4.78, 5) is 12.3. The molecule has 5 heteroatoms. The first-order valence-corrected chi connectivity index (χ1v) is 7.47. The van der Waals surface area contributed by atoms with E-state index in [1.807, 2.05) is 24.3 Å². The summed E-state index contributed by atoms with van der Waals surface area (Å²) in [7, 11) is 3.10. The van der Waals surface area contributed by atoms with Crippen LogP contribution in [0.5, 0.6) is 11.5 Å². The fourth-order valence-electron chi connectivity index (χ4n) is 1.82. The van der Waals surface area contributed by atoms with Crippen LogP contribution >= 0.6 is 15.9 Å². The van der Waals surface area contributed by atoms with Crippen molar-refractivity contribution in [1.29, 1.82) is 0 Å². The summed E-state index contributed by atoms with van der Waals surface area (Å²) >= 11 is 3.39. The minimum absolute atomic E-state index is 0.209. The summed E-state index contributed by atoms with van der Waals surface area (Å²) in [5.41, 5.74) is 2.37. The summed E-state index contributed by atoms with van der Waals surface area (Å²) in [5.74, 6) is 0.946. The largest absolute Gasteiger partial charge is 0.497 e. The molecule has 0 saturated heterocycles. The third-order valence-electron chi connectivity index (χ3n) is 2.98. The summed E-state index contributed by atoms with van der Waals surface area (Å²) in [6.07, 6.45) is 0. The first-order chi connectivity index (χ1) is 10.2. The maximum absolute atomic E-state index is 12.3. The Balaban J connectivity index is 2.18. The quantitative estimate of drug-likeness (QED) is 0.834. The zero-order chi connectivity index (χ0) is 15.2. The van der Waals surface area contributed by atoms with Gasteiger partial charge < -0.3 is 14.8 Å². The van der Waals surface area contributed by atoms with Gasteiger partial charge in [-0.2, -0.15) is 0 Å². The van der Waals surface area contributed by atoms with Crippen molar-refractivity contribution >= 4 is 27.5 Å². The molecule has 0 saturated carbocycles. The molecule has 0 aliphatic carbocycles. The number of halogens is 1. The molecule has 21 heavy (non-hydrogen) atoms. The monoisotopic (exact) mass is 349 g/mol. The second kappa shape index (κ2) is 7.13. The van der Waals surface area contributed by atoms with Gasteiger partial charge in [0.1, 0.15) is 11.5 Å². The normalized spacial score (nSPS) is 10.0. The minimum Gasteiger partial charge on any atom is -0.497 e. The first-order valence-electron chi connectivity index (χ1n) is 6.35. The number of methoxy groups -OCH3 is 2. The molecule has 0 fully saturated rings. The average Bonchev–Trinajstić information content (AvgIpc) is 2.54. The fraction of sp³-hybridized carbons (Fsp3) is 0.188. The number of carbonyl (C=O) groups excluding carboxylic acids is 1. The van der Waals surface area contributed by atoms with E-state index < -0.39 is 0 Å². The Morgan fingerprint density at radius 2 is 1.62 bits per heavy atom. The Morgan fingerprint density at radius 1 is 1.05 bits per heavy atom. The number of ether oxygens (including phenoxy) is 2. The van der Waals surface area contributed by atoms with Gasteiger partial charge >= 0.3 is 0 Å². The zero-order valence-corrected chi connectivity index (χ0v) is 13.4. The van der Waals surface area contributed by atoms with Crippen LogP contribution in [0.25, 0.3) is 0 Å². The Morgan fingerprint density at radius 3 is 2.10 bits per heavy atom. The Hall–Kier alpha value is -2.01. The molecular weight excluding hydrogens is 334 g/mol. The molecule has 0 atom stereocenters. The first kappa shape index (κ1) is 15.4. The van der Waals surface area contributed by atoms with Gasteiger partial charge in [-0.05, 0) is 29.8 Å². The van der Waals surface area contributed by atoms with E-state index in [0.29, 0.717) is 17.1 Å². The van der Waals surface area contributed by atoms with Crippen molar-refractivity contribution in [3.63, 3.8) is 0 Å². The van der Waals surface area contributed by atoms with E-state index in [2.05, 4.69) is 21.2 Å². The number of benzene rings is 2. The molecule has 0 heterocycles. The lowest BCUT2D eigenvalue weighted by Gasteiger charge is -2.09. The molecule has 4 nitrogen and oxygen atoms in total. The summed E-state index contributed by atoms with van der Waals surface area (Å²) in [5, 5.41) is 3.63. The fourth-order valence-corrected chi connectivity index (χ4v) is 2.19. The van der Waals surface area contributed by atoms with Gasteiger partial charge in [0.15, 0.2) is 0 Å². The summed E-state index contributed by atoms with van der Waals surface area (Å²) < 4.78 is 10.3. The number of hydrogen-bond donors (Lipinski definition) is 1. The highest BCUT2D eigenvalue weighted by atomic mass is 79.9. The van der Waals surface area contributed by atoms with Crippen molar-refractivity contribution in [3.05, 3.63) is 53.6 Å². The van der Waals surface area contributed by atoms with E-state index in [-0.39, 0.29) is 5.91 Å². The van der Waals surface area contributed by atoms with E-state index in [4.69, 9.17) is 9.47 Å². The lowest BCUT2D eigenvalue weighted by molar-refractivity contribution is 0.102. The van der Waals surface area contributed by atoms with E-state index in [9.17, 15) is 4.79 Å². The van der Waals surface area contributed by atoms with E-state index in [1.54, 1.807) is 32.4 Å². The van der Waals surface area contributed by atoms with Gasteiger partial charge in [-0.1, -0.05) is 28.1 Å². The lowest BCUT2D eigenvalue weighted by Crippen LogP contribution is -2.12. The molecule has 0 bridgehead atoms. The van der Waals surface area contributed by atoms with Gasteiger partial charge in [0.05, 0.1) is 14.2 Å². The second-order valence-corrected chi connectivity index (χ2v) is 4.95. The van der Waals surface area contributed by atoms with Crippen LogP contribution in [0.1, 0.15) is 15.9 Å². The van der Waals surface area contributed by atoms with Crippen LogP contribution in [0.15, 0.2) is 42.5 Å². The number of nitrogens with one attached hydrogen (secondary N) is 1. The van der Waals surface area contributed by atoms with E-state index in [0.717, 1.165) is 16.6 Å². The predicted octanol–water partition coefficient (Wildman–Crippen LogP) is 3.85. The molecule has 0 aromatic heterocycles. The summed E-state index contributed by atoms with van der Waals surface area (Å²) in [6, 6.07) is 12.7. The molecule has 2 aromatic carbocycles. The van der Waals surface area contributed by atoms with Crippen molar-refractivity contribution in [2.24, 2.45) is 0 Å².